The zero-order valence-corrected chi connectivity index (χ0v) is 18.1. The Morgan fingerprint density at radius 2 is 2.00 bits per heavy atom. The highest BCUT2D eigenvalue weighted by Gasteiger charge is 2.27. The number of hydrogen-bond acceptors (Lipinski definition) is 5. The first-order valence-corrected chi connectivity index (χ1v) is 11.0. The van der Waals surface area contributed by atoms with Crippen molar-refractivity contribution in [3.05, 3.63) is 46.9 Å². The number of carbonyl (C=O) groups excluding carboxylic acids is 1. The van der Waals surface area contributed by atoms with Gasteiger partial charge < -0.3 is 24.5 Å². The van der Waals surface area contributed by atoms with Gasteiger partial charge in [0.05, 0.1) is 17.0 Å². The summed E-state index contributed by atoms with van der Waals surface area (Å²) in [6.07, 6.45) is 4.14. The maximum atomic E-state index is 12.9. The number of nitrogens with one attached hydrogen (secondary N) is 1. The van der Waals surface area contributed by atoms with Gasteiger partial charge in [-0.1, -0.05) is 11.6 Å². The molecule has 0 bridgehead atoms. The van der Waals surface area contributed by atoms with Crippen LogP contribution in [0.3, 0.4) is 0 Å². The molecule has 0 aliphatic carbocycles. The molecule has 2 N–H and O–H groups in total. The van der Waals surface area contributed by atoms with E-state index >= 15 is 0 Å². The van der Waals surface area contributed by atoms with Gasteiger partial charge in [-0.05, 0) is 69.4 Å². The summed E-state index contributed by atoms with van der Waals surface area (Å²) in [5, 5.41) is 13.9. The summed E-state index contributed by atoms with van der Waals surface area (Å²) in [7, 11) is 0. The van der Waals surface area contributed by atoms with Crippen LogP contribution in [-0.4, -0.2) is 42.9 Å². The Morgan fingerprint density at radius 1 is 1.20 bits per heavy atom. The maximum absolute atomic E-state index is 12.9. The van der Waals surface area contributed by atoms with Gasteiger partial charge in [0.1, 0.15) is 5.76 Å². The Balaban J connectivity index is 1.51. The lowest BCUT2D eigenvalue weighted by molar-refractivity contribution is 0.0481. The molecule has 6 nitrogen and oxygen atoms in total. The minimum Gasteiger partial charge on any atom is -0.456 e. The highest BCUT2D eigenvalue weighted by molar-refractivity contribution is 6.31. The largest absolute Gasteiger partial charge is 0.456 e. The highest BCUT2D eigenvalue weighted by atomic mass is 35.5. The predicted octanol–water partition coefficient (Wildman–Crippen LogP) is 4.82. The van der Waals surface area contributed by atoms with Crippen molar-refractivity contribution in [1.29, 1.82) is 0 Å². The van der Waals surface area contributed by atoms with E-state index in [0.29, 0.717) is 35.4 Å². The van der Waals surface area contributed by atoms with Crippen LogP contribution in [0.25, 0.3) is 0 Å². The second-order valence-corrected chi connectivity index (χ2v) is 8.98. The van der Waals surface area contributed by atoms with Crippen LogP contribution in [-0.2, 0) is 4.74 Å². The van der Waals surface area contributed by atoms with E-state index in [-0.39, 0.29) is 5.91 Å². The molecular weight excluding hydrogens is 404 g/mol. The second kappa shape index (κ2) is 9.00. The van der Waals surface area contributed by atoms with Crippen LogP contribution < -0.4 is 10.2 Å². The summed E-state index contributed by atoms with van der Waals surface area (Å²) in [4.78, 5) is 15.1. The minimum absolute atomic E-state index is 0.293. The Kier molecular flexibility index (Phi) is 6.37. The van der Waals surface area contributed by atoms with Crippen molar-refractivity contribution in [2.24, 2.45) is 0 Å². The zero-order chi connectivity index (χ0) is 21.1. The third-order valence-electron chi connectivity index (χ3n) is 6.09. The molecule has 0 unspecified atom stereocenters. The Hall–Kier alpha value is -2.02. The first-order valence-electron chi connectivity index (χ1n) is 10.7. The molecule has 2 aliphatic rings. The number of nitrogens with zero attached hydrogens (tertiary/aromatic N) is 1. The molecule has 1 amide bonds. The fourth-order valence-electron chi connectivity index (χ4n) is 4.25. The van der Waals surface area contributed by atoms with Gasteiger partial charge in [-0.2, -0.15) is 0 Å². The number of anilines is 2. The van der Waals surface area contributed by atoms with Crippen molar-refractivity contribution in [3.63, 3.8) is 0 Å². The molecule has 0 radical (unpaired) electrons. The van der Waals surface area contributed by atoms with E-state index in [1.54, 1.807) is 12.1 Å². The van der Waals surface area contributed by atoms with Crippen LogP contribution in [0.4, 0.5) is 11.4 Å². The van der Waals surface area contributed by atoms with E-state index in [2.05, 4.69) is 10.2 Å². The number of furan rings is 1. The summed E-state index contributed by atoms with van der Waals surface area (Å²) in [5.74, 6) is 1.14. The molecule has 162 valence electrons. The minimum atomic E-state index is -0.653. The number of aliphatic hydroxyl groups is 1. The molecule has 4 rings (SSSR count). The van der Waals surface area contributed by atoms with Crippen LogP contribution in [0, 0.1) is 0 Å². The first-order chi connectivity index (χ1) is 14.4. The van der Waals surface area contributed by atoms with Gasteiger partial charge in [0.25, 0.3) is 5.91 Å². The molecule has 0 saturated carbocycles. The van der Waals surface area contributed by atoms with Crippen LogP contribution in [0.15, 0.2) is 34.7 Å². The number of halogens is 1. The van der Waals surface area contributed by atoms with E-state index in [1.165, 1.54) is 0 Å². The van der Waals surface area contributed by atoms with Gasteiger partial charge in [0.15, 0.2) is 5.76 Å². The standard InChI is InChI=1S/C23H29ClN2O4/c1-23(28)9-2-11-26(12-10-23)19-4-3-17(24)15-18(19)25-22(27)21-6-5-20(30-21)16-7-13-29-14-8-16/h3-6,15-16,28H,2,7-14H2,1H3,(H,25,27)/t23-/m1/s1. The zero-order valence-electron chi connectivity index (χ0n) is 17.3. The second-order valence-electron chi connectivity index (χ2n) is 8.54. The van der Waals surface area contributed by atoms with Gasteiger partial charge >= 0.3 is 0 Å². The number of carbonyl (C=O) groups is 1. The van der Waals surface area contributed by atoms with E-state index in [0.717, 1.165) is 56.9 Å². The van der Waals surface area contributed by atoms with Gasteiger partial charge in [0.2, 0.25) is 0 Å². The van der Waals surface area contributed by atoms with Crippen molar-refractivity contribution < 1.29 is 19.1 Å². The van der Waals surface area contributed by atoms with Crippen molar-refractivity contribution in [2.75, 3.05) is 36.5 Å². The van der Waals surface area contributed by atoms with Crippen molar-refractivity contribution in [1.82, 2.24) is 0 Å². The summed E-state index contributed by atoms with van der Waals surface area (Å²) < 4.78 is 11.3. The van der Waals surface area contributed by atoms with E-state index in [4.69, 9.17) is 20.8 Å². The normalized spacial score (nSPS) is 23.2. The number of ether oxygens (including phenoxy) is 1. The molecule has 1 aromatic carbocycles. The lowest BCUT2D eigenvalue weighted by atomic mass is 9.98. The van der Waals surface area contributed by atoms with Crippen molar-refractivity contribution in [3.8, 4) is 0 Å². The van der Waals surface area contributed by atoms with Gasteiger partial charge in [0, 0.05) is 37.2 Å². The molecule has 1 atom stereocenters. The third-order valence-corrected chi connectivity index (χ3v) is 6.32. The topological polar surface area (TPSA) is 74.9 Å². The first kappa shape index (κ1) is 21.2. The summed E-state index contributed by atoms with van der Waals surface area (Å²) in [6.45, 7) is 4.86. The molecule has 2 saturated heterocycles. The average Bonchev–Trinajstić information content (AvgIpc) is 3.15. The van der Waals surface area contributed by atoms with E-state index < -0.39 is 5.60 Å². The Morgan fingerprint density at radius 3 is 2.80 bits per heavy atom. The quantitative estimate of drug-likeness (QED) is 0.724. The summed E-state index contributed by atoms with van der Waals surface area (Å²) in [6, 6.07) is 9.13. The Labute approximate surface area is 182 Å². The van der Waals surface area contributed by atoms with Gasteiger partial charge in [-0.3, -0.25) is 4.79 Å². The molecule has 2 aliphatic heterocycles. The van der Waals surface area contributed by atoms with Crippen molar-refractivity contribution in [2.45, 2.75) is 50.5 Å². The number of hydrogen-bond donors (Lipinski definition) is 2. The van der Waals surface area contributed by atoms with E-state index in [9.17, 15) is 9.90 Å². The fourth-order valence-corrected chi connectivity index (χ4v) is 4.42. The Bertz CT molecular complexity index is 889. The van der Waals surface area contributed by atoms with Crippen molar-refractivity contribution >= 4 is 28.9 Å². The predicted molar refractivity (Wildman–Crippen MR) is 118 cm³/mol. The molecule has 30 heavy (non-hydrogen) atoms. The van der Waals surface area contributed by atoms with Crippen LogP contribution >= 0.6 is 11.6 Å². The number of amides is 1. The average molecular weight is 433 g/mol. The molecule has 2 aromatic rings. The smallest absolute Gasteiger partial charge is 0.291 e. The lowest BCUT2D eigenvalue weighted by Crippen LogP contribution is -2.29. The van der Waals surface area contributed by atoms with Crippen LogP contribution in [0.5, 0.6) is 0 Å². The maximum Gasteiger partial charge on any atom is 0.291 e. The molecule has 1 aromatic heterocycles. The van der Waals surface area contributed by atoms with Gasteiger partial charge in [-0.15, -0.1) is 0 Å². The monoisotopic (exact) mass is 432 g/mol. The number of rotatable bonds is 4. The van der Waals surface area contributed by atoms with Crippen LogP contribution in [0.2, 0.25) is 5.02 Å². The molecule has 3 heterocycles. The van der Waals surface area contributed by atoms with Crippen LogP contribution in [0.1, 0.15) is 61.3 Å². The molecule has 2 fully saturated rings. The molecule has 0 spiro atoms. The lowest BCUT2D eigenvalue weighted by Gasteiger charge is -2.26. The van der Waals surface area contributed by atoms with Gasteiger partial charge in [-0.25, -0.2) is 0 Å². The van der Waals surface area contributed by atoms with E-state index in [1.807, 2.05) is 25.1 Å². The molecule has 7 heteroatoms. The summed E-state index contributed by atoms with van der Waals surface area (Å²) >= 11 is 6.22. The summed E-state index contributed by atoms with van der Waals surface area (Å²) in [5.41, 5.74) is 0.902. The number of benzene rings is 1. The fraction of sp³-hybridized carbons (Fsp3) is 0.522. The highest BCUT2D eigenvalue weighted by Crippen LogP contribution is 2.33. The third kappa shape index (κ3) is 4.99. The SMILES string of the molecule is C[C@@]1(O)CCCN(c2ccc(Cl)cc2NC(=O)c2ccc(C3CCOCC3)o2)CC1. The molecular formula is C23H29ClN2O4.